The molecule has 0 spiro atoms. The second kappa shape index (κ2) is 3.52. The first-order valence-corrected chi connectivity index (χ1v) is 5.26. The van der Waals surface area contributed by atoms with Crippen molar-refractivity contribution in [1.82, 2.24) is 4.90 Å². The van der Waals surface area contributed by atoms with Gasteiger partial charge in [-0.2, -0.15) is 0 Å². The van der Waals surface area contributed by atoms with Crippen molar-refractivity contribution in [2.45, 2.75) is 38.1 Å². The molecule has 2 unspecified atom stereocenters. The number of fused-ring (bicyclic) bond motifs is 1. The van der Waals surface area contributed by atoms with Gasteiger partial charge in [-0.25, -0.2) is 0 Å². The second-order valence-electron chi connectivity index (χ2n) is 4.14. The summed E-state index contributed by atoms with van der Waals surface area (Å²) in [6.07, 6.45) is 7.86. The summed E-state index contributed by atoms with van der Waals surface area (Å²) in [6, 6.07) is 0.541. The maximum atomic E-state index is 11.5. The van der Waals surface area contributed by atoms with Crippen LogP contribution < -0.4 is 0 Å². The van der Waals surface area contributed by atoms with E-state index in [1.165, 1.54) is 38.2 Å². The molecule has 0 radical (unpaired) electrons. The van der Waals surface area contributed by atoms with Crippen LogP contribution in [0.5, 0.6) is 0 Å². The number of likely N-dealkylation sites (tertiary alicyclic amines) is 1. The number of amides is 1. The van der Waals surface area contributed by atoms with Gasteiger partial charge in [0, 0.05) is 12.6 Å². The highest BCUT2D eigenvalue weighted by atomic mass is 16.2. The molecule has 0 aromatic rings. The minimum Gasteiger partial charge on any atom is -0.336 e. The van der Waals surface area contributed by atoms with Gasteiger partial charge in [-0.3, -0.25) is 4.79 Å². The number of hydrogen-bond donors (Lipinski definition) is 0. The highest BCUT2D eigenvalue weighted by Crippen LogP contribution is 2.36. The Morgan fingerprint density at radius 1 is 1.31 bits per heavy atom. The number of rotatable bonds is 1. The molecule has 1 saturated heterocycles. The van der Waals surface area contributed by atoms with Crippen molar-refractivity contribution >= 4 is 5.91 Å². The van der Waals surface area contributed by atoms with Crippen LogP contribution in [0.1, 0.15) is 32.1 Å². The molecular weight excluding hydrogens is 162 g/mol. The molecule has 1 heterocycles. The normalized spacial score (nSPS) is 32.8. The molecule has 2 atom stereocenters. The maximum Gasteiger partial charge on any atom is 0.246 e. The van der Waals surface area contributed by atoms with Gasteiger partial charge in [-0.1, -0.05) is 19.4 Å². The summed E-state index contributed by atoms with van der Waals surface area (Å²) >= 11 is 0. The van der Waals surface area contributed by atoms with Crippen molar-refractivity contribution in [3.05, 3.63) is 12.7 Å². The minimum absolute atomic E-state index is 0.134. The van der Waals surface area contributed by atoms with Crippen LogP contribution in [0, 0.1) is 5.92 Å². The third-order valence-electron chi connectivity index (χ3n) is 3.47. The van der Waals surface area contributed by atoms with E-state index in [2.05, 4.69) is 6.58 Å². The van der Waals surface area contributed by atoms with Crippen molar-refractivity contribution in [3.8, 4) is 0 Å². The highest BCUT2D eigenvalue weighted by molar-refractivity contribution is 5.87. The van der Waals surface area contributed by atoms with Crippen LogP contribution in [0.15, 0.2) is 12.7 Å². The molecule has 0 N–H and O–H groups in total. The lowest BCUT2D eigenvalue weighted by atomic mass is 9.85. The Kier molecular flexibility index (Phi) is 2.38. The predicted octanol–water partition coefficient (Wildman–Crippen LogP) is 1.96. The molecule has 72 valence electrons. The fraction of sp³-hybridized carbons (Fsp3) is 0.727. The van der Waals surface area contributed by atoms with Crippen LogP contribution >= 0.6 is 0 Å². The zero-order chi connectivity index (χ0) is 9.26. The second-order valence-corrected chi connectivity index (χ2v) is 4.14. The van der Waals surface area contributed by atoms with E-state index < -0.39 is 0 Å². The van der Waals surface area contributed by atoms with Crippen LogP contribution in [0.4, 0.5) is 0 Å². The number of hydrogen-bond acceptors (Lipinski definition) is 1. The van der Waals surface area contributed by atoms with Crippen molar-refractivity contribution < 1.29 is 4.79 Å². The molecule has 2 nitrogen and oxygen atoms in total. The zero-order valence-corrected chi connectivity index (χ0v) is 8.04. The van der Waals surface area contributed by atoms with Crippen LogP contribution in [-0.4, -0.2) is 23.4 Å². The molecule has 0 bridgehead atoms. The van der Waals surface area contributed by atoms with Gasteiger partial charge >= 0.3 is 0 Å². The lowest BCUT2D eigenvalue weighted by Crippen LogP contribution is -2.38. The van der Waals surface area contributed by atoms with Gasteiger partial charge in [0.25, 0.3) is 0 Å². The van der Waals surface area contributed by atoms with E-state index in [4.69, 9.17) is 0 Å². The van der Waals surface area contributed by atoms with Crippen molar-refractivity contribution in [2.75, 3.05) is 6.54 Å². The number of carbonyl (C=O) groups excluding carboxylic acids is 1. The average molecular weight is 179 g/mol. The quantitative estimate of drug-likeness (QED) is 0.563. The summed E-state index contributed by atoms with van der Waals surface area (Å²) in [7, 11) is 0. The predicted molar refractivity (Wildman–Crippen MR) is 52.3 cm³/mol. The first-order chi connectivity index (χ1) is 6.33. The summed E-state index contributed by atoms with van der Waals surface area (Å²) in [4.78, 5) is 13.5. The van der Waals surface area contributed by atoms with E-state index in [-0.39, 0.29) is 5.91 Å². The molecule has 2 rings (SSSR count). The molecule has 2 heteroatoms. The van der Waals surface area contributed by atoms with Crippen LogP contribution in [0.25, 0.3) is 0 Å². The van der Waals surface area contributed by atoms with Crippen molar-refractivity contribution in [1.29, 1.82) is 0 Å². The lowest BCUT2D eigenvalue weighted by Gasteiger charge is -2.30. The first kappa shape index (κ1) is 8.79. The van der Waals surface area contributed by atoms with E-state index in [9.17, 15) is 4.79 Å². The van der Waals surface area contributed by atoms with Crippen LogP contribution in [0.2, 0.25) is 0 Å². The minimum atomic E-state index is 0.134. The highest BCUT2D eigenvalue weighted by Gasteiger charge is 2.36. The Hall–Kier alpha value is -0.790. The Bertz CT molecular complexity index is 224. The van der Waals surface area contributed by atoms with E-state index in [1.807, 2.05) is 4.90 Å². The third-order valence-corrected chi connectivity index (χ3v) is 3.47. The SMILES string of the molecule is C=CC(=O)N1CCC2CCCCC21. The third kappa shape index (κ3) is 1.50. The molecule has 1 aliphatic heterocycles. The molecule has 1 saturated carbocycles. The standard InChI is InChI=1S/C11H17NO/c1-2-11(13)12-8-7-9-5-3-4-6-10(9)12/h2,9-10H,1,3-8H2. The topological polar surface area (TPSA) is 20.3 Å². The smallest absolute Gasteiger partial charge is 0.246 e. The largest absolute Gasteiger partial charge is 0.336 e. The number of carbonyl (C=O) groups is 1. The Labute approximate surface area is 79.6 Å². The summed E-state index contributed by atoms with van der Waals surface area (Å²) in [5.74, 6) is 0.923. The van der Waals surface area contributed by atoms with Crippen LogP contribution in [0.3, 0.4) is 0 Å². The van der Waals surface area contributed by atoms with Gasteiger partial charge in [0.05, 0.1) is 0 Å². The molecule has 1 amide bonds. The van der Waals surface area contributed by atoms with Crippen LogP contribution in [-0.2, 0) is 4.79 Å². The molecule has 2 aliphatic rings. The summed E-state index contributed by atoms with van der Waals surface area (Å²) in [5.41, 5.74) is 0. The fourth-order valence-electron chi connectivity index (χ4n) is 2.80. The zero-order valence-electron chi connectivity index (χ0n) is 8.04. The molecule has 2 fully saturated rings. The van der Waals surface area contributed by atoms with E-state index in [1.54, 1.807) is 0 Å². The molecule has 0 aromatic carbocycles. The fourth-order valence-corrected chi connectivity index (χ4v) is 2.80. The summed E-state index contributed by atoms with van der Waals surface area (Å²) < 4.78 is 0. The van der Waals surface area contributed by atoms with E-state index >= 15 is 0 Å². The van der Waals surface area contributed by atoms with E-state index in [0.717, 1.165) is 12.5 Å². The lowest BCUT2D eigenvalue weighted by molar-refractivity contribution is -0.127. The average Bonchev–Trinajstić information content (AvgIpc) is 2.60. The van der Waals surface area contributed by atoms with Gasteiger partial charge < -0.3 is 4.90 Å². The molecule has 13 heavy (non-hydrogen) atoms. The van der Waals surface area contributed by atoms with Gasteiger partial charge in [0.2, 0.25) is 5.91 Å². The number of nitrogens with zero attached hydrogens (tertiary/aromatic N) is 1. The monoisotopic (exact) mass is 179 g/mol. The van der Waals surface area contributed by atoms with Gasteiger partial charge in [-0.05, 0) is 31.3 Å². The Morgan fingerprint density at radius 3 is 2.85 bits per heavy atom. The van der Waals surface area contributed by atoms with Gasteiger partial charge in [0.1, 0.15) is 0 Å². The van der Waals surface area contributed by atoms with Crippen molar-refractivity contribution in [3.63, 3.8) is 0 Å². The Balaban J connectivity index is 2.06. The maximum absolute atomic E-state index is 11.5. The summed E-state index contributed by atoms with van der Waals surface area (Å²) in [6.45, 7) is 4.51. The molecule has 0 aromatic heterocycles. The Morgan fingerprint density at radius 2 is 2.08 bits per heavy atom. The summed E-state index contributed by atoms with van der Waals surface area (Å²) in [5, 5.41) is 0. The molecular formula is C11H17NO. The first-order valence-electron chi connectivity index (χ1n) is 5.26. The van der Waals surface area contributed by atoms with Crippen molar-refractivity contribution in [2.24, 2.45) is 5.92 Å². The van der Waals surface area contributed by atoms with E-state index in [0.29, 0.717) is 6.04 Å². The van der Waals surface area contributed by atoms with Gasteiger partial charge in [0.15, 0.2) is 0 Å². The van der Waals surface area contributed by atoms with Gasteiger partial charge in [-0.15, -0.1) is 0 Å². The molecule has 1 aliphatic carbocycles.